The summed E-state index contributed by atoms with van der Waals surface area (Å²) < 4.78 is 18.8. The Hall–Kier alpha value is -3.42. The Morgan fingerprint density at radius 2 is 1.87 bits per heavy atom. The quantitative estimate of drug-likeness (QED) is 0.839. The van der Waals surface area contributed by atoms with Gasteiger partial charge in [-0.2, -0.15) is 0 Å². The molecular weight excluding hydrogens is 389 g/mol. The van der Waals surface area contributed by atoms with Crippen LogP contribution in [0.25, 0.3) is 0 Å². The van der Waals surface area contributed by atoms with Gasteiger partial charge in [0.2, 0.25) is 5.91 Å². The number of likely N-dealkylation sites (tertiary alicyclic amines) is 1. The van der Waals surface area contributed by atoms with Crippen molar-refractivity contribution in [1.82, 2.24) is 4.90 Å². The number of hydrogen-bond acceptors (Lipinski definition) is 4. The van der Waals surface area contributed by atoms with Crippen molar-refractivity contribution >= 4 is 29.1 Å². The topological polar surface area (TPSA) is 79.0 Å². The number of carbonyl (C=O) groups is 3. The van der Waals surface area contributed by atoms with Crippen molar-refractivity contribution < 1.29 is 23.5 Å². The molecule has 2 aromatic carbocycles. The van der Waals surface area contributed by atoms with Crippen LogP contribution in [0.1, 0.15) is 29.6 Å². The zero-order valence-corrected chi connectivity index (χ0v) is 16.4. The van der Waals surface area contributed by atoms with Gasteiger partial charge in [0.05, 0.1) is 5.69 Å². The molecule has 0 unspecified atom stereocenters. The molecule has 0 aromatic heterocycles. The minimum Gasteiger partial charge on any atom is -0.482 e. The summed E-state index contributed by atoms with van der Waals surface area (Å²) in [6.07, 6.45) is 3.07. The van der Waals surface area contributed by atoms with Crippen LogP contribution in [-0.2, 0) is 9.59 Å². The van der Waals surface area contributed by atoms with Crippen molar-refractivity contribution in [2.24, 2.45) is 0 Å². The van der Waals surface area contributed by atoms with Gasteiger partial charge in [-0.05, 0) is 55.7 Å². The predicted molar refractivity (Wildman–Crippen MR) is 109 cm³/mol. The van der Waals surface area contributed by atoms with Gasteiger partial charge in [-0.15, -0.1) is 0 Å². The van der Waals surface area contributed by atoms with Crippen molar-refractivity contribution in [3.05, 3.63) is 53.8 Å². The van der Waals surface area contributed by atoms with Gasteiger partial charge in [-0.3, -0.25) is 19.3 Å². The summed E-state index contributed by atoms with van der Waals surface area (Å²) in [6.45, 7) is 0.961. The van der Waals surface area contributed by atoms with E-state index < -0.39 is 11.7 Å². The van der Waals surface area contributed by atoms with Crippen LogP contribution in [0.3, 0.4) is 0 Å². The number of carbonyl (C=O) groups excluding carboxylic acids is 3. The number of benzene rings is 2. The highest BCUT2D eigenvalue weighted by Gasteiger charge is 2.29. The largest absolute Gasteiger partial charge is 0.482 e. The van der Waals surface area contributed by atoms with Gasteiger partial charge in [0.25, 0.3) is 11.8 Å². The van der Waals surface area contributed by atoms with Gasteiger partial charge in [0.1, 0.15) is 18.1 Å². The molecule has 30 heavy (non-hydrogen) atoms. The Kier molecular flexibility index (Phi) is 5.65. The molecule has 7 nitrogen and oxygen atoms in total. The third-order valence-corrected chi connectivity index (χ3v) is 5.20. The Morgan fingerprint density at radius 1 is 1.07 bits per heavy atom. The molecule has 0 aliphatic carbocycles. The molecule has 1 N–H and O–H groups in total. The standard InChI is InChI=1S/C22H22FN3O4/c23-16-5-4-6-17(12-16)24-20(27)13-26-18-11-15(7-8-19(18)30-14-21(26)28)22(29)25-9-2-1-3-10-25/h4-8,11-12H,1-3,9-10,13-14H2,(H,24,27). The molecule has 0 atom stereocenters. The molecule has 0 spiro atoms. The molecule has 3 amide bonds. The van der Waals surface area contributed by atoms with Crippen LogP contribution < -0.4 is 15.0 Å². The lowest BCUT2D eigenvalue weighted by Crippen LogP contribution is -2.43. The average molecular weight is 411 g/mol. The van der Waals surface area contributed by atoms with E-state index in [-0.39, 0.29) is 25.0 Å². The lowest BCUT2D eigenvalue weighted by atomic mass is 10.1. The molecule has 2 aliphatic rings. The third-order valence-electron chi connectivity index (χ3n) is 5.20. The van der Waals surface area contributed by atoms with Gasteiger partial charge in [-0.25, -0.2) is 4.39 Å². The summed E-state index contributed by atoms with van der Waals surface area (Å²) in [6, 6.07) is 10.4. The van der Waals surface area contributed by atoms with Gasteiger partial charge < -0.3 is 15.0 Å². The normalized spacial score (nSPS) is 16.0. The van der Waals surface area contributed by atoms with E-state index in [1.807, 2.05) is 0 Å². The summed E-state index contributed by atoms with van der Waals surface area (Å²) in [5, 5.41) is 2.58. The van der Waals surface area contributed by atoms with Crippen LogP contribution in [0.2, 0.25) is 0 Å². The van der Waals surface area contributed by atoms with Crippen molar-refractivity contribution in [2.75, 3.05) is 36.5 Å². The molecule has 0 saturated carbocycles. The summed E-state index contributed by atoms with van der Waals surface area (Å²) >= 11 is 0. The van der Waals surface area contributed by atoms with E-state index in [0.717, 1.165) is 19.3 Å². The highest BCUT2D eigenvalue weighted by atomic mass is 19.1. The first-order valence-electron chi connectivity index (χ1n) is 9.93. The Bertz CT molecular complexity index is 988. The second-order valence-electron chi connectivity index (χ2n) is 7.36. The molecule has 0 radical (unpaired) electrons. The first-order chi connectivity index (χ1) is 14.5. The fourth-order valence-corrected chi connectivity index (χ4v) is 3.70. The van der Waals surface area contributed by atoms with E-state index in [9.17, 15) is 18.8 Å². The number of fused-ring (bicyclic) bond motifs is 1. The number of nitrogens with one attached hydrogen (secondary N) is 1. The molecule has 2 heterocycles. The first-order valence-corrected chi connectivity index (χ1v) is 9.93. The monoisotopic (exact) mass is 411 g/mol. The number of ether oxygens (including phenoxy) is 1. The Balaban J connectivity index is 1.54. The fourth-order valence-electron chi connectivity index (χ4n) is 3.70. The van der Waals surface area contributed by atoms with E-state index in [1.165, 1.54) is 23.1 Å². The van der Waals surface area contributed by atoms with Crippen molar-refractivity contribution in [3.8, 4) is 5.75 Å². The number of halogens is 1. The third kappa shape index (κ3) is 4.27. The summed E-state index contributed by atoms with van der Waals surface area (Å²) in [5.41, 5.74) is 1.13. The van der Waals surface area contributed by atoms with E-state index in [2.05, 4.69) is 5.32 Å². The number of anilines is 2. The van der Waals surface area contributed by atoms with Crippen LogP contribution in [0.4, 0.5) is 15.8 Å². The van der Waals surface area contributed by atoms with E-state index in [1.54, 1.807) is 29.2 Å². The number of piperidine rings is 1. The lowest BCUT2D eigenvalue weighted by molar-refractivity contribution is -0.123. The highest BCUT2D eigenvalue weighted by molar-refractivity contribution is 6.06. The second-order valence-corrected chi connectivity index (χ2v) is 7.36. The van der Waals surface area contributed by atoms with Crippen molar-refractivity contribution in [3.63, 3.8) is 0 Å². The smallest absolute Gasteiger partial charge is 0.265 e. The molecule has 8 heteroatoms. The van der Waals surface area contributed by atoms with Crippen LogP contribution in [-0.4, -0.2) is 48.9 Å². The maximum Gasteiger partial charge on any atom is 0.265 e. The Labute approximate surface area is 173 Å². The SMILES string of the molecule is O=C(CN1C(=O)COc2ccc(C(=O)N3CCCCC3)cc21)Nc1cccc(F)c1. The summed E-state index contributed by atoms with van der Waals surface area (Å²) in [5.74, 6) is -1.00. The van der Waals surface area contributed by atoms with E-state index >= 15 is 0 Å². The van der Waals surface area contributed by atoms with Crippen molar-refractivity contribution in [1.29, 1.82) is 0 Å². The zero-order valence-electron chi connectivity index (χ0n) is 16.4. The maximum atomic E-state index is 13.3. The molecule has 156 valence electrons. The molecular formula is C22H22FN3O4. The minimum atomic E-state index is -0.477. The fraction of sp³-hybridized carbons (Fsp3) is 0.318. The lowest BCUT2D eigenvalue weighted by Gasteiger charge is -2.30. The van der Waals surface area contributed by atoms with E-state index in [0.29, 0.717) is 35.8 Å². The number of amides is 3. The van der Waals surface area contributed by atoms with Crippen LogP contribution >= 0.6 is 0 Å². The Morgan fingerprint density at radius 3 is 2.63 bits per heavy atom. The second kappa shape index (κ2) is 8.52. The number of rotatable bonds is 4. The van der Waals surface area contributed by atoms with Crippen LogP contribution in [0.5, 0.6) is 5.75 Å². The molecule has 2 aliphatic heterocycles. The van der Waals surface area contributed by atoms with Gasteiger partial charge in [0.15, 0.2) is 6.61 Å². The number of hydrogen-bond donors (Lipinski definition) is 1. The van der Waals surface area contributed by atoms with Crippen LogP contribution in [0, 0.1) is 5.82 Å². The van der Waals surface area contributed by atoms with Crippen molar-refractivity contribution in [2.45, 2.75) is 19.3 Å². The van der Waals surface area contributed by atoms with E-state index in [4.69, 9.17) is 4.74 Å². The van der Waals surface area contributed by atoms with Gasteiger partial charge in [0, 0.05) is 24.3 Å². The van der Waals surface area contributed by atoms with Gasteiger partial charge >= 0.3 is 0 Å². The summed E-state index contributed by atoms with van der Waals surface area (Å²) in [4.78, 5) is 40.8. The molecule has 2 aromatic rings. The zero-order chi connectivity index (χ0) is 21.1. The maximum absolute atomic E-state index is 13.3. The molecule has 1 saturated heterocycles. The predicted octanol–water partition coefficient (Wildman–Crippen LogP) is 2.82. The molecule has 0 bridgehead atoms. The minimum absolute atomic E-state index is 0.0975. The molecule has 4 rings (SSSR count). The van der Waals surface area contributed by atoms with Crippen LogP contribution in [0.15, 0.2) is 42.5 Å². The highest BCUT2D eigenvalue weighted by Crippen LogP contribution is 2.33. The van der Waals surface area contributed by atoms with Gasteiger partial charge in [-0.1, -0.05) is 6.07 Å². The first kappa shape index (κ1) is 19.9. The summed E-state index contributed by atoms with van der Waals surface area (Å²) in [7, 11) is 0. The molecule has 1 fully saturated rings. The number of nitrogens with zero attached hydrogens (tertiary/aromatic N) is 2. The average Bonchev–Trinajstić information content (AvgIpc) is 2.75.